The Morgan fingerprint density at radius 2 is 1.95 bits per heavy atom. The molecule has 0 aliphatic carbocycles. The Kier molecular flexibility index (Phi) is 5.06. The number of rotatable bonds is 5. The van der Waals surface area contributed by atoms with Crippen molar-refractivity contribution in [2.24, 2.45) is 0 Å². The van der Waals surface area contributed by atoms with E-state index in [2.05, 4.69) is 4.65 Å². The van der Waals surface area contributed by atoms with Crippen LogP contribution in [0.3, 0.4) is 0 Å². The summed E-state index contributed by atoms with van der Waals surface area (Å²) < 4.78 is 41.4. The fraction of sp³-hybridized carbons (Fsp3) is 0.455. The van der Waals surface area contributed by atoms with Crippen LogP contribution in [0.2, 0.25) is 0 Å². The lowest BCUT2D eigenvalue weighted by molar-refractivity contribution is 0.0729. The van der Waals surface area contributed by atoms with E-state index in [1.165, 1.54) is 29.6 Å². The summed E-state index contributed by atoms with van der Waals surface area (Å²) in [6, 6.07) is 3.98. The van der Waals surface area contributed by atoms with Gasteiger partial charge in [-0.15, -0.1) is 0 Å². The Morgan fingerprint density at radius 1 is 1.29 bits per heavy atom. The second kappa shape index (κ2) is 6.63. The van der Waals surface area contributed by atoms with Gasteiger partial charge < -0.3 is 24.2 Å². The zero-order valence-electron chi connectivity index (χ0n) is 11.4. The molecule has 0 saturated carbocycles. The van der Waals surface area contributed by atoms with Gasteiger partial charge in [0, 0.05) is 19.2 Å². The number of hydrogen-bond acceptors (Lipinski definition) is 7. The van der Waals surface area contributed by atoms with Crippen LogP contribution in [0.4, 0.5) is 0 Å². The van der Waals surface area contributed by atoms with E-state index in [9.17, 15) is 8.42 Å². The highest BCUT2D eigenvalue weighted by Gasteiger charge is 2.30. The van der Waals surface area contributed by atoms with E-state index in [1.807, 2.05) is 0 Å². The fourth-order valence-corrected chi connectivity index (χ4v) is 3.56. The van der Waals surface area contributed by atoms with Gasteiger partial charge in [-0.2, -0.15) is 4.31 Å². The first-order valence-electron chi connectivity index (χ1n) is 6.24. The molecule has 1 aromatic rings. The molecule has 1 aromatic carbocycles. The van der Waals surface area contributed by atoms with Crippen LogP contribution in [-0.4, -0.2) is 63.5 Å². The quantitative estimate of drug-likeness (QED) is 0.676. The standard InChI is InChI=1S/C11H16BNO7S/c1-18-10-3-2-9(20-12(14)15)8-11(10)21(16,17)13-4-6-19-7-5-13/h2-3,8,14-15H,4-7H2,1H3. The van der Waals surface area contributed by atoms with Gasteiger partial charge in [0.05, 0.1) is 20.3 Å². The van der Waals surface area contributed by atoms with E-state index in [1.54, 1.807) is 0 Å². The van der Waals surface area contributed by atoms with E-state index in [4.69, 9.17) is 19.5 Å². The maximum atomic E-state index is 12.6. The Hall–Kier alpha value is -1.33. The SMILES string of the molecule is COc1ccc(OB(O)O)cc1S(=O)(=O)N1CCOCC1. The second-order valence-electron chi connectivity index (χ2n) is 4.27. The molecule has 1 heterocycles. The molecular weight excluding hydrogens is 301 g/mol. The molecule has 0 aromatic heterocycles. The lowest BCUT2D eigenvalue weighted by atomic mass is 10.2. The predicted molar refractivity (Wildman–Crippen MR) is 73.4 cm³/mol. The first-order chi connectivity index (χ1) is 9.95. The zero-order valence-corrected chi connectivity index (χ0v) is 12.2. The van der Waals surface area contributed by atoms with E-state index < -0.39 is 17.3 Å². The van der Waals surface area contributed by atoms with Gasteiger partial charge in [-0.1, -0.05) is 0 Å². The van der Waals surface area contributed by atoms with Crippen LogP contribution in [0.5, 0.6) is 11.5 Å². The molecule has 0 unspecified atom stereocenters. The Morgan fingerprint density at radius 3 is 2.52 bits per heavy atom. The largest absolute Gasteiger partial charge is 0.707 e. The molecule has 0 radical (unpaired) electrons. The number of sulfonamides is 1. The molecule has 1 saturated heterocycles. The van der Waals surface area contributed by atoms with Crippen molar-refractivity contribution < 1.29 is 32.6 Å². The van der Waals surface area contributed by atoms with Crippen molar-refractivity contribution in [1.29, 1.82) is 0 Å². The summed E-state index contributed by atoms with van der Waals surface area (Å²) in [4.78, 5) is -0.0925. The van der Waals surface area contributed by atoms with Gasteiger partial charge >= 0.3 is 7.32 Å². The van der Waals surface area contributed by atoms with Crippen molar-refractivity contribution in [3.05, 3.63) is 18.2 Å². The minimum Gasteiger partial charge on any atom is -0.512 e. The molecule has 2 rings (SSSR count). The third-order valence-corrected chi connectivity index (χ3v) is 4.88. The lowest BCUT2D eigenvalue weighted by Gasteiger charge is -2.26. The minimum absolute atomic E-state index is 0.0117. The van der Waals surface area contributed by atoms with Crippen molar-refractivity contribution in [2.45, 2.75) is 4.90 Å². The molecule has 8 nitrogen and oxygen atoms in total. The van der Waals surface area contributed by atoms with Crippen molar-refractivity contribution in [3.63, 3.8) is 0 Å². The fourth-order valence-electron chi connectivity index (χ4n) is 1.98. The van der Waals surface area contributed by atoms with Gasteiger partial charge in [0.15, 0.2) is 0 Å². The third kappa shape index (κ3) is 3.66. The molecular formula is C11H16BNO7S. The van der Waals surface area contributed by atoms with Gasteiger partial charge in [0.1, 0.15) is 16.4 Å². The molecule has 21 heavy (non-hydrogen) atoms. The highest BCUT2D eigenvalue weighted by Crippen LogP contribution is 2.31. The molecule has 10 heteroatoms. The number of methoxy groups -OCH3 is 1. The van der Waals surface area contributed by atoms with Gasteiger partial charge in [-0.25, -0.2) is 8.42 Å². The van der Waals surface area contributed by atoms with Crippen LogP contribution >= 0.6 is 0 Å². The maximum absolute atomic E-state index is 12.6. The van der Waals surface area contributed by atoms with Crippen LogP contribution in [0, 0.1) is 0 Å². The van der Waals surface area contributed by atoms with Crippen molar-refractivity contribution in [3.8, 4) is 11.5 Å². The van der Waals surface area contributed by atoms with Crippen molar-refractivity contribution >= 4 is 17.3 Å². The Labute approximate surface area is 123 Å². The number of nitrogens with zero attached hydrogens (tertiary/aromatic N) is 1. The van der Waals surface area contributed by atoms with E-state index in [-0.39, 0.29) is 29.5 Å². The summed E-state index contributed by atoms with van der Waals surface area (Å²) in [5, 5.41) is 17.6. The summed E-state index contributed by atoms with van der Waals surface area (Å²) in [6.45, 7) is 1.15. The van der Waals surface area contributed by atoms with Crippen molar-refractivity contribution in [2.75, 3.05) is 33.4 Å². The van der Waals surface area contributed by atoms with E-state index >= 15 is 0 Å². The van der Waals surface area contributed by atoms with Crippen LogP contribution < -0.4 is 9.39 Å². The van der Waals surface area contributed by atoms with Crippen LogP contribution in [-0.2, 0) is 14.8 Å². The summed E-state index contributed by atoms with van der Waals surface area (Å²) in [7, 11) is -4.45. The lowest BCUT2D eigenvalue weighted by Crippen LogP contribution is -2.40. The number of hydrogen-bond donors (Lipinski definition) is 2. The van der Waals surface area contributed by atoms with Crippen LogP contribution in [0.25, 0.3) is 0 Å². The number of benzene rings is 1. The van der Waals surface area contributed by atoms with Gasteiger partial charge in [0.25, 0.3) is 0 Å². The zero-order chi connectivity index (χ0) is 15.5. The minimum atomic E-state index is -3.78. The predicted octanol–water partition coefficient (Wildman–Crippen LogP) is -0.936. The molecule has 1 fully saturated rings. The van der Waals surface area contributed by atoms with Crippen LogP contribution in [0.15, 0.2) is 23.1 Å². The summed E-state index contributed by atoms with van der Waals surface area (Å²) in [5.41, 5.74) is 0. The molecule has 0 amide bonds. The average molecular weight is 317 g/mol. The smallest absolute Gasteiger partial charge is 0.512 e. The highest BCUT2D eigenvalue weighted by atomic mass is 32.2. The summed E-state index contributed by atoms with van der Waals surface area (Å²) in [5.74, 6) is 0.166. The van der Waals surface area contributed by atoms with Gasteiger partial charge in [-0.3, -0.25) is 0 Å². The molecule has 116 valence electrons. The number of morpholine rings is 1. The molecule has 2 N–H and O–H groups in total. The van der Waals surface area contributed by atoms with Crippen LogP contribution in [0.1, 0.15) is 0 Å². The Bertz CT molecular complexity index is 586. The van der Waals surface area contributed by atoms with E-state index in [0.717, 1.165) is 0 Å². The second-order valence-corrected chi connectivity index (χ2v) is 6.18. The third-order valence-electron chi connectivity index (χ3n) is 2.96. The maximum Gasteiger partial charge on any atom is 0.707 e. The molecule has 1 aliphatic heterocycles. The molecule has 1 aliphatic rings. The first kappa shape index (κ1) is 16.1. The normalized spacial score (nSPS) is 16.5. The van der Waals surface area contributed by atoms with Gasteiger partial charge in [0.2, 0.25) is 10.0 Å². The van der Waals surface area contributed by atoms with Crippen molar-refractivity contribution in [1.82, 2.24) is 4.31 Å². The summed E-state index contributed by atoms with van der Waals surface area (Å²) in [6.07, 6.45) is 0. The first-order valence-corrected chi connectivity index (χ1v) is 7.68. The van der Waals surface area contributed by atoms with Gasteiger partial charge in [-0.05, 0) is 12.1 Å². The summed E-state index contributed by atoms with van der Waals surface area (Å²) >= 11 is 0. The molecule has 0 atom stereocenters. The Balaban J connectivity index is 2.39. The number of ether oxygens (including phenoxy) is 2. The monoisotopic (exact) mass is 317 g/mol. The molecule has 0 bridgehead atoms. The van der Waals surface area contributed by atoms with E-state index in [0.29, 0.717) is 13.2 Å². The average Bonchev–Trinajstić information content (AvgIpc) is 2.47. The topological polar surface area (TPSA) is 106 Å². The molecule has 0 spiro atoms. The highest BCUT2D eigenvalue weighted by molar-refractivity contribution is 7.89.